The van der Waals surface area contributed by atoms with Crippen LogP contribution in [0.5, 0.6) is 5.75 Å². The van der Waals surface area contributed by atoms with Gasteiger partial charge in [-0.05, 0) is 38.7 Å². The van der Waals surface area contributed by atoms with Gasteiger partial charge in [-0.1, -0.05) is 88.6 Å². The molecule has 3 nitrogen and oxygen atoms in total. The van der Waals surface area contributed by atoms with Crippen LogP contribution in [0.3, 0.4) is 0 Å². The minimum Gasteiger partial charge on any atom is -0.493 e. The smallest absolute Gasteiger partial charge is 0.305 e. The van der Waals surface area contributed by atoms with E-state index in [9.17, 15) is 4.79 Å². The Morgan fingerprint density at radius 2 is 1.55 bits per heavy atom. The van der Waals surface area contributed by atoms with Gasteiger partial charge < -0.3 is 9.47 Å². The summed E-state index contributed by atoms with van der Waals surface area (Å²) in [6.07, 6.45) is 20.0. The van der Waals surface area contributed by atoms with E-state index in [4.69, 9.17) is 9.47 Å². The molecule has 0 heterocycles. The molecule has 0 aliphatic heterocycles. The van der Waals surface area contributed by atoms with Gasteiger partial charge in [0.25, 0.3) is 0 Å². The van der Waals surface area contributed by atoms with Gasteiger partial charge in [0, 0.05) is 12.0 Å². The van der Waals surface area contributed by atoms with Gasteiger partial charge in [-0.25, -0.2) is 0 Å². The predicted octanol–water partition coefficient (Wildman–Crippen LogP) is 7.73. The van der Waals surface area contributed by atoms with Gasteiger partial charge in [0.15, 0.2) is 0 Å². The van der Waals surface area contributed by atoms with E-state index in [1.54, 1.807) is 0 Å². The second-order valence-corrected chi connectivity index (χ2v) is 7.67. The minimum atomic E-state index is -0.118. The Labute approximate surface area is 178 Å². The molecule has 29 heavy (non-hydrogen) atoms. The van der Waals surface area contributed by atoms with Crippen molar-refractivity contribution < 1.29 is 14.3 Å². The summed E-state index contributed by atoms with van der Waals surface area (Å²) in [5, 5.41) is 0. The second-order valence-electron chi connectivity index (χ2n) is 7.67. The summed E-state index contributed by atoms with van der Waals surface area (Å²) < 4.78 is 10.9. The van der Waals surface area contributed by atoms with Crippen molar-refractivity contribution >= 4 is 12.0 Å². The number of hydrogen-bond acceptors (Lipinski definition) is 3. The first kappa shape index (κ1) is 25.3. The molecule has 0 spiro atoms. The van der Waals surface area contributed by atoms with Crippen molar-refractivity contribution in [3.63, 3.8) is 0 Å². The number of para-hydroxylation sites is 1. The van der Waals surface area contributed by atoms with Gasteiger partial charge in [0.1, 0.15) is 5.75 Å². The molecule has 0 aromatic heterocycles. The van der Waals surface area contributed by atoms with Crippen LogP contribution in [0.15, 0.2) is 30.3 Å². The van der Waals surface area contributed by atoms with Crippen LogP contribution >= 0.6 is 0 Å². The predicted molar refractivity (Wildman–Crippen MR) is 123 cm³/mol. The number of ether oxygens (including phenoxy) is 2. The lowest BCUT2D eigenvalue weighted by molar-refractivity contribution is -0.143. The van der Waals surface area contributed by atoms with E-state index in [-0.39, 0.29) is 5.97 Å². The van der Waals surface area contributed by atoms with Crippen molar-refractivity contribution in [2.75, 3.05) is 13.2 Å². The Morgan fingerprint density at radius 1 is 0.862 bits per heavy atom. The molecule has 0 aliphatic rings. The number of benzene rings is 1. The number of unbranched alkanes of at least 4 members (excludes halogenated alkanes) is 10. The van der Waals surface area contributed by atoms with E-state index in [1.807, 2.05) is 25.1 Å². The quantitative estimate of drug-likeness (QED) is 0.186. The molecular weight excluding hydrogens is 360 g/mol. The van der Waals surface area contributed by atoms with Gasteiger partial charge in [-0.15, -0.1) is 0 Å². The maximum Gasteiger partial charge on any atom is 0.305 e. The van der Waals surface area contributed by atoms with Crippen molar-refractivity contribution in [3.8, 4) is 5.75 Å². The normalized spacial score (nSPS) is 11.1. The molecular formula is C26H42O3. The molecule has 0 aliphatic carbocycles. The largest absolute Gasteiger partial charge is 0.493 e. The summed E-state index contributed by atoms with van der Waals surface area (Å²) in [6, 6.07) is 8.17. The number of esters is 1. The first-order valence-corrected chi connectivity index (χ1v) is 11.8. The lowest BCUT2D eigenvalue weighted by atomic mass is 10.1. The highest BCUT2D eigenvalue weighted by atomic mass is 16.5. The summed E-state index contributed by atoms with van der Waals surface area (Å²) in [5.74, 6) is 0.805. The van der Waals surface area contributed by atoms with Crippen molar-refractivity contribution in [1.29, 1.82) is 0 Å². The van der Waals surface area contributed by atoms with Crippen LogP contribution in [-0.2, 0) is 9.53 Å². The molecule has 3 heteroatoms. The number of carbonyl (C=O) groups excluding carboxylic acids is 1. The Kier molecular flexibility index (Phi) is 15.9. The van der Waals surface area contributed by atoms with E-state index in [0.717, 1.165) is 30.6 Å². The topological polar surface area (TPSA) is 35.5 Å². The van der Waals surface area contributed by atoms with Crippen LogP contribution in [0.4, 0.5) is 0 Å². The lowest BCUT2D eigenvalue weighted by Gasteiger charge is -2.09. The average Bonchev–Trinajstić information content (AvgIpc) is 2.73. The molecule has 1 aromatic rings. The maximum atomic E-state index is 11.3. The zero-order chi connectivity index (χ0) is 21.0. The summed E-state index contributed by atoms with van der Waals surface area (Å²) in [6.45, 7) is 5.18. The zero-order valence-corrected chi connectivity index (χ0v) is 18.8. The van der Waals surface area contributed by atoms with Gasteiger partial charge in [-0.3, -0.25) is 4.79 Å². The van der Waals surface area contributed by atoms with E-state index in [2.05, 4.69) is 25.1 Å². The number of hydrogen-bond donors (Lipinski definition) is 0. The van der Waals surface area contributed by atoms with Crippen molar-refractivity contribution in [2.45, 2.75) is 97.3 Å². The summed E-state index contributed by atoms with van der Waals surface area (Å²) in [4.78, 5) is 11.3. The van der Waals surface area contributed by atoms with Crippen LogP contribution in [0.2, 0.25) is 0 Å². The first-order valence-electron chi connectivity index (χ1n) is 11.8. The molecule has 0 bridgehead atoms. The molecule has 1 rings (SSSR count). The third-order valence-electron chi connectivity index (χ3n) is 5.03. The van der Waals surface area contributed by atoms with Crippen LogP contribution in [0.25, 0.3) is 6.08 Å². The second kappa shape index (κ2) is 18.3. The maximum absolute atomic E-state index is 11.3. The number of allylic oxidation sites excluding steroid dienone is 1. The van der Waals surface area contributed by atoms with E-state index < -0.39 is 0 Å². The molecule has 0 amide bonds. The Bertz CT molecular complexity index is 551. The molecule has 0 saturated carbocycles. The van der Waals surface area contributed by atoms with E-state index in [0.29, 0.717) is 19.6 Å². The Balaban J connectivity index is 2.15. The standard InChI is InChI=1S/C26H42O3/c1-3-5-6-7-8-9-10-11-12-13-14-19-24-20-15-16-21-25(24)29-23-18-17-22-26(27)28-4-2/h14-16,19-21H,3-13,17-18,22-23H2,1-2H3. The fourth-order valence-electron chi connectivity index (χ4n) is 3.32. The van der Waals surface area contributed by atoms with Crippen LogP contribution in [0, 0.1) is 0 Å². The highest BCUT2D eigenvalue weighted by Gasteiger charge is 2.03. The van der Waals surface area contributed by atoms with Gasteiger partial charge in [-0.2, -0.15) is 0 Å². The molecule has 0 fully saturated rings. The van der Waals surface area contributed by atoms with Gasteiger partial charge in [0.2, 0.25) is 0 Å². The van der Waals surface area contributed by atoms with E-state index >= 15 is 0 Å². The Hall–Kier alpha value is -1.77. The van der Waals surface area contributed by atoms with E-state index in [1.165, 1.54) is 57.8 Å². The van der Waals surface area contributed by atoms with Crippen LogP contribution in [-0.4, -0.2) is 19.2 Å². The van der Waals surface area contributed by atoms with Crippen molar-refractivity contribution in [1.82, 2.24) is 0 Å². The fourth-order valence-corrected chi connectivity index (χ4v) is 3.32. The van der Waals surface area contributed by atoms with Gasteiger partial charge in [0.05, 0.1) is 13.2 Å². The van der Waals surface area contributed by atoms with Crippen molar-refractivity contribution in [3.05, 3.63) is 35.9 Å². The molecule has 164 valence electrons. The molecule has 0 atom stereocenters. The molecule has 0 unspecified atom stereocenters. The molecule has 0 N–H and O–H groups in total. The fraction of sp³-hybridized carbons (Fsp3) is 0.654. The summed E-state index contributed by atoms with van der Waals surface area (Å²) in [5.41, 5.74) is 1.13. The van der Waals surface area contributed by atoms with Gasteiger partial charge >= 0.3 is 5.97 Å². The molecule has 1 aromatic carbocycles. The average molecular weight is 403 g/mol. The monoisotopic (exact) mass is 402 g/mol. The third-order valence-corrected chi connectivity index (χ3v) is 5.03. The highest BCUT2D eigenvalue weighted by molar-refractivity contribution is 5.69. The Morgan fingerprint density at radius 3 is 2.28 bits per heavy atom. The number of rotatable bonds is 18. The first-order chi connectivity index (χ1) is 14.3. The van der Waals surface area contributed by atoms with Crippen molar-refractivity contribution in [2.24, 2.45) is 0 Å². The number of carbonyl (C=O) groups is 1. The molecule has 0 saturated heterocycles. The SMILES string of the molecule is CCCCCCCCCCCC=Cc1ccccc1OCCCCC(=O)OCC. The summed E-state index contributed by atoms with van der Waals surface area (Å²) in [7, 11) is 0. The third kappa shape index (κ3) is 13.9. The highest BCUT2D eigenvalue weighted by Crippen LogP contribution is 2.20. The summed E-state index contributed by atoms with van der Waals surface area (Å²) >= 11 is 0. The molecule has 0 radical (unpaired) electrons. The minimum absolute atomic E-state index is 0.118. The van der Waals surface area contributed by atoms with Crippen LogP contribution < -0.4 is 4.74 Å². The lowest BCUT2D eigenvalue weighted by Crippen LogP contribution is -2.05. The zero-order valence-electron chi connectivity index (χ0n) is 18.8. The van der Waals surface area contributed by atoms with Crippen LogP contribution in [0.1, 0.15) is 103 Å².